The van der Waals surface area contributed by atoms with Crippen molar-refractivity contribution in [3.8, 4) is 0 Å². The molecule has 0 aromatic heterocycles. The first-order chi connectivity index (χ1) is 9.99. The highest BCUT2D eigenvalue weighted by molar-refractivity contribution is 6.36. The zero-order valence-corrected chi connectivity index (χ0v) is 13.3. The van der Waals surface area contributed by atoms with Gasteiger partial charge in [0.2, 0.25) is 0 Å². The summed E-state index contributed by atoms with van der Waals surface area (Å²) < 4.78 is 0. The van der Waals surface area contributed by atoms with E-state index >= 15 is 0 Å². The van der Waals surface area contributed by atoms with Crippen molar-refractivity contribution in [2.75, 3.05) is 0 Å². The number of rotatable bonds is 3. The Bertz CT molecular complexity index is 693. The van der Waals surface area contributed by atoms with Crippen molar-refractivity contribution >= 4 is 34.7 Å². The number of carbonyl (C=O) groups excluding carboxylic acids is 1. The molecule has 21 heavy (non-hydrogen) atoms. The fourth-order valence-corrected chi connectivity index (χ4v) is 2.40. The van der Waals surface area contributed by atoms with Crippen LogP contribution >= 0.6 is 23.2 Å². The number of hydrogen-bond donors (Lipinski definition) is 1. The first-order valence-corrected chi connectivity index (χ1v) is 7.24. The molecule has 1 amide bonds. The van der Waals surface area contributed by atoms with Crippen molar-refractivity contribution in [2.45, 2.75) is 13.8 Å². The van der Waals surface area contributed by atoms with Crippen molar-refractivity contribution < 1.29 is 4.79 Å². The smallest absolute Gasteiger partial charge is 0.256 e. The van der Waals surface area contributed by atoms with Gasteiger partial charge in [0.15, 0.2) is 0 Å². The highest BCUT2D eigenvalue weighted by Gasteiger charge is 2.12. The number of allylic oxidation sites excluding steroid dienone is 2. The summed E-state index contributed by atoms with van der Waals surface area (Å²) in [4.78, 5) is 12.3. The summed E-state index contributed by atoms with van der Waals surface area (Å²) in [6.07, 6.45) is 0. The number of nitrogens with one attached hydrogen (secondary N) is 1. The van der Waals surface area contributed by atoms with Crippen molar-refractivity contribution in [2.24, 2.45) is 0 Å². The van der Waals surface area contributed by atoms with E-state index in [1.54, 1.807) is 18.2 Å². The first-order valence-electron chi connectivity index (χ1n) is 6.48. The van der Waals surface area contributed by atoms with Crippen LogP contribution in [-0.2, 0) is 0 Å². The summed E-state index contributed by atoms with van der Waals surface area (Å²) in [7, 11) is 0. The molecule has 0 radical (unpaired) electrons. The van der Waals surface area contributed by atoms with E-state index in [4.69, 9.17) is 23.2 Å². The third kappa shape index (κ3) is 3.87. The molecule has 1 N–H and O–H groups in total. The van der Waals surface area contributed by atoms with Crippen LogP contribution in [0.3, 0.4) is 0 Å². The number of benzene rings is 2. The molecule has 0 atom stereocenters. The van der Waals surface area contributed by atoms with Gasteiger partial charge in [0.1, 0.15) is 0 Å². The summed E-state index contributed by atoms with van der Waals surface area (Å²) in [6, 6.07) is 14.7. The van der Waals surface area contributed by atoms with Crippen molar-refractivity contribution in [1.82, 2.24) is 5.32 Å². The monoisotopic (exact) mass is 319 g/mol. The van der Waals surface area contributed by atoms with Crippen LogP contribution in [0.2, 0.25) is 10.0 Å². The second kappa shape index (κ2) is 6.79. The molecule has 0 unspecified atom stereocenters. The Balaban J connectivity index is 2.23. The van der Waals surface area contributed by atoms with Gasteiger partial charge >= 0.3 is 0 Å². The summed E-state index contributed by atoms with van der Waals surface area (Å²) in [5.74, 6) is -0.246. The van der Waals surface area contributed by atoms with Crippen LogP contribution in [0, 0.1) is 0 Å². The van der Waals surface area contributed by atoms with Gasteiger partial charge in [-0.2, -0.15) is 0 Å². The molecule has 0 heterocycles. The molecular weight excluding hydrogens is 305 g/mol. The second-order valence-corrected chi connectivity index (χ2v) is 5.54. The van der Waals surface area contributed by atoms with Gasteiger partial charge in [0, 0.05) is 10.7 Å². The van der Waals surface area contributed by atoms with Crippen molar-refractivity contribution in [3.63, 3.8) is 0 Å². The quantitative estimate of drug-likeness (QED) is 0.830. The van der Waals surface area contributed by atoms with Gasteiger partial charge in [-0.05, 0) is 43.2 Å². The molecule has 0 bridgehead atoms. The largest absolute Gasteiger partial charge is 0.326 e. The van der Waals surface area contributed by atoms with Crippen LogP contribution in [0.5, 0.6) is 0 Å². The van der Waals surface area contributed by atoms with Gasteiger partial charge in [-0.1, -0.05) is 53.5 Å². The molecular formula is C17H15Cl2NO. The number of halogens is 2. The standard InChI is InChI=1S/C17H15Cl2NO/c1-11(13-6-4-3-5-7-13)12(2)20-17(21)15-9-8-14(18)10-16(15)19/h3-10H,1-2H3,(H,20,21)/b12-11-. The lowest BCUT2D eigenvalue weighted by Crippen LogP contribution is -2.22. The van der Waals surface area contributed by atoms with E-state index in [0.717, 1.165) is 16.8 Å². The number of amides is 1. The van der Waals surface area contributed by atoms with Crippen LogP contribution < -0.4 is 5.32 Å². The molecule has 108 valence electrons. The average Bonchev–Trinajstić information content (AvgIpc) is 2.47. The molecule has 0 spiro atoms. The van der Waals surface area contributed by atoms with Crippen LogP contribution in [0.4, 0.5) is 0 Å². The summed E-state index contributed by atoms with van der Waals surface area (Å²) in [5, 5.41) is 3.71. The Morgan fingerprint density at radius 2 is 1.67 bits per heavy atom. The molecule has 0 saturated heterocycles. The average molecular weight is 320 g/mol. The molecule has 0 fully saturated rings. The van der Waals surface area contributed by atoms with Gasteiger partial charge in [-0.3, -0.25) is 4.79 Å². The third-order valence-electron chi connectivity index (χ3n) is 3.25. The first kappa shape index (κ1) is 15.6. The van der Waals surface area contributed by atoms with E-state index in [9.17, 15) is 4.79 Å². The minimum Gasteiger partial charge on any atom is -0.326 e. The Morgan fingerprint density at radius 3 is 2.29 bits per heavy atom. The van der Waals surface area contributed by atoms with Gasteiger partial charge in [-0.15, -0.1) is 0 Å². The number of hydrogen-bond acceptors (Lipinski definition) is 1. The summed E-state index contributed by atoms with van der Waals surface area (Å²) >= 11 is 11.9. The normalized spacial score (nSPS) is 11.8. The van der Waals surface area contributed by atoms with Crippen LogP contribution in [0.25, 0.3) is 5.57 Å². The Hall–Kier alpha value is -1.77. The molecule has 0 aliphatic carbocycles. The molecule has 2 aromatic carbocycles. The van der Waals surface area contributed by atoms with Crippen LogP contribution in [0.15, 0.2) is 54.2 Å². The minimum atomic E-state index is -0.246. The second-order valence-electron chi connectivity index (χ2n) is 4.69. The maximum absolute atomic E-state index is 12.3. The van der Waals surface area contributed by atoms with E-state index in [1.165, 1.54) is 0 Å². The molecule has 2 aromatic rings. The van der Waals surface area contributed by atoms with Crippen molar-refractivity contribution in [3.05, 3.63) is 75.4 Å². The fourth-order valence-electron chi connectivity index (χ4n) is 1.91. The highest BCUT2D eigenvalue weighted by atomic mass is 35.5. The maximum atomic E-state index is 12.3. The van der Waals surface area contributed by atoms with Crippen LogP contribution in [0.1, 0.15) is 29.8 Å². The maximum Gasteiger partial charge on any atom is 0.256 e. The Kier molecular flexibility index (Phi) is 5.05. The van der Waals surface area contributed by atoms with Gasteiger partial charge in [0.05, 0.1) is 10.6 Å². The molecule has 2 nitrogen and oxygen atoms in total. The van der Waals surface area contributed by atoms with E-state index < -0.39 is 0 Å². The molecule has 0 aliphatic heterocycles. The minimum absolute atomic E-state index is 0.246. The predicted octanol–water partition coefficient (Wildman–Crippen LogP) is 5.17. The zero-order valence-electron chi connectivity index (χ0n) is 11.8. The van der Waals surface area contributed by atoms with E-state index in [2.05, 4.69) is 5.32 Å². The predicted molar refractivity (Wildman–Crippen MR) is 88.6 cm³/mol. The van der Waals surface area contributed by atoms with Gasteiger partial charge < -0.3 is 5.32 Å². The third-order valence-corrected chi connectivity index (χ3v) is 3.79. The van der Waals surface area contributed by atoms with Crippen LogP contribution in [-0.4, -0.2) is 5.91 Å². The lowest BCUT2D eigenvalue weighted by atomic mass is 10.1. The summed E-state index contributed by atoms with van der Waals surface area (Å²) in [5.41, 5.74) is 3.27. The zero-order chi connectivity index (χ0) is 15.4. The Morgan fingerprint density at radius 1 is 1.00 bits per heavy atom. The van der Waals surface area contributed by atoms with Crippen molar-refractivity contribution in [1.29, 1.82) is 0 Å². The lowest BCUT2D eigenvalue weighted by Gasteiger charge is -2.11. The number of carbonyl (C=O) groups is 1. The summed E-state index contributed by atoms with van der Waals surface area (Å²) in [6.45, 7) is 3.83. The van der Waals surface area contributed by atoms with E-state index in [-0.39, 0.29) is 5.91 Å². The van der Waals surface area contributed by atoms with E-state index in [0.29, 0.717) is 15.6 Å². The molecule has 0 saturated carbocycles. The SMILES string of the molecule is C/C(NC(=O)c1ccc(Cl)cc1Cl)=C(\C)c1ccccc1. The molecule has 0 aliphatic rings. The Labute approximate surface area is 134 Å². The van der Waals surface area contributed by atoms with Gasteiger partial charge in [-0.25, -0.2) is 0 Å². The lowest BCUT2D eigenvalue weighted by molar-refractivity contribution is 0.0966. The fraction of sp³-hybridized carbons (Fsp3) is 0.118. The topological polar surface area (TPSA) is 29.1 Å². The molecule has 2 rings (SSSR count). The van der Waals surface area contributed by atoms with E-state index in [1.807, 2.05) is 44.2 Å². The molecule has 4 heteroatoms. The van der Waals surface area contributed by atoms with Gasteiger partial charge in [0.25, 0.3) is 5.91 Å². The highest BCUT2D eigenvalue weighted by Crippen LogP contribution is 2.22.